The van der Waals surface area contributed by atoms with Gasteiger partial charge in [0, 0.05) is 0 Å². The van der Waals surface area contributed by atoms with Gasteiger partial charge in [-0.2, -0.15) is 0 Å². The summed E-state index contributed by atoms with van der Waals surface area (Å²) in [6.07, 6.45) is 2.83. The van der Waals surface area contributed by atoms with Crippen LogP contribution in [0.2, 0.25) is 5.02 Å². The van der Waals surface area contributed by atoms with E-state index in [0.29, 0.717) is 0 Å². The molecule has 2 aromatic rings. The average molecular weight is 379 g/mol. The quantitative estimate of drug-likeness (QED) is 0.858. The van der Waals surface area contributed by atoms with Crippen LogP contribution >= 0.6 is 11.6 Å². The lowest BCUT2D eigenvalue weighted by molar-refractivity contribution is 0.0932. The van der Waals surface area contributed by atoms with Gasteiger partial charge in [0.1, 0.15) is 0 Å². The molecule has 132 valence electrons. The Kier molecular flexibility index (Phi) is 5.13. The van der Waals surface area contributed by atoms with Gasteiger partial charge >= 0.3 is 0 Å². The summed E-state index contributed by atoms with van der Waals surface area (Å²) in [6, 6.07) is 12.0. The summed E-state index contributed by atoms with van der Waals surface area (Å²) in [5, 5.41) is 3.21. The molecule has 7 heteroatoms. The Labute approximate surface area is 152 Å². The van der Waals surface area contributed by atoms with Gasteiger partial charge in [-0.15, -0.1) is 0 Å². The van der Waals surface area contributed by atoms with Crippen molar-refractivity contribution in [3.8, 4) is 0 Å². The van der Waals surface area contributed by atoms with Crippen LogP contribution in [0.15, 0.2) is 47.4 Å². The zero-order valence-electron chi connectivity index (χ0n) is 13.8. The molecule has 0 heterocycles. The molecule has 2 N–H and O–H groups in total. The molecule has 0 fully saturated rings. The number of benzene rings is 2. The SMILES string of the molecule is CNS(=O)(=O)c1ccc(Cl)c(C(=O)NC2CCCc3ccccc32)c1. The maximum absolute atomic E-state index is 12.7. The van der Waals surface area contributed by atoms with Crippen LogP contribution in [0.25, 0.3) is 0 Å². The summed E-state index contributed by atoms with van der Waals surface area (Å²) in [7, 11) is -2.32. The van der Waals surface area contributed by atoms with Crippen molar-refractivity contribution in [2.75, 3.05) is 7.05 Å². The van der Waals surface area contributed by atoms with E-state index in [0.717, 1.165) is 24.8 Å². The molecule has 1 atom stereocenters. The molecule has 0 bridgehead atoms. The molecule has 25 heavy (non-hydrogen) atoms. The first-order valence-electron chi connectivity index (χ1n) is 8.04. The van der Waals surface area contributed by atoms with E-state index >= 15 is 0 Å². The topological polar surface area (TPSA) is 75.3 Å². The molecule has 0 aromatic heterocycles. The van der Waals surface area contributed by atoms with Crippen molar-refractivity contribution in [3.63, 3.8) is 0 Å². The molecule has 5 nitrogen and oxygen atoms in total. The molecule has 1 amide bonds. The maximum atomic E-state index is 12.7. The third-order valence-electron chi connectivity index (χ3n) is 4.44. The van der Waals surface area contributed by atoms with Crippen molar-refractivity contribution in [3.05, 3.63) is 64.2 Å². The zero-order chi connectivity index (χ0) is 18.0. The summed E-state index contributed by atoms with van der Waals surface area (Å²) >= 11 is 6.13. The smallest absolute Gasteiger partial charge is 0.253 e. The largest absolute Gasteiger partial charge is 0.345 e. The Balaban J connectivity index is 1.89. The van der Waals surface area contributed by atoms with Crippen LogP contribution in [-0.2, 0) is 16.4 Å². The van der Waals surface area contributed by atoms with E-state index in [2.05, 4.69) is 16.1 Å². The van der Waals surface area contributed by atoms with Gasteiger partial charge < -0.3 is 5.32 Å². The predicted octanol–water partition coefficient (Wildman–Crippen LogP) is 3.06. The number of carbonyl (C=O) groups excluding carboxylic acids is 1. The molecule has 1 unspecified atom stereocenters. The predicted molar refractivity (Wildman–Crippen MR) is 97.3 cm³/mol. The minimum atomic E-state index is -3.64. The number of nitrogens with one attached hydrogen (secondary N) is 2. The number of aryl methyl sites for hydroxylation is 1. The normalized spacial score (nSPS) is 17.0. The Morgan fingerprint density at radius 1 is 1.20 bits per heavy atom. The highest BCUT2D eigenvalue weighted by atomic mass is 35.5. The Morgan fingerprint density at radius 3 is 2.72 bits per heavy atom. The highest BCUT2D eigenvalue weighted by molar-refractivity contribution is 7.89. The minimum Gasteiger partial charge on any atom is -0.345 e. The molecule has 1 aliphatic carbocycles. The second-order valence-electron chi connectivity index (χ2n) is 5.97. The van der Waals surface area contributed by atoms with Crippen molar-refractivity contribution in [1.82, 2.24) is 10.0 Å². The molecular formula is C18H19ClN2O3S. The molecule has 0 aliphatic heterocycles. The number of carbonyl (C=O) groups is 1. The molecule has 0 spiro atoms. The van der Waals surface area contributed by atoms with Crippen molar-refractivity contribution < 1.29 is 13.2 Å². The first kappa shape index (κ1) is 17.9. The standard InChI is InChI=1S/C18H19ClN2O3S/c1-20-25(23,24)13-9-10-16(19)15(11-13)18(22)21-17-8-4-6-12-5-2-3-7-14(12)17/h2-3,5,7,9-11,17,20H,4,6,8H2,1H3,(H,21,22). The van der Waals surface area contributed by atoms with Crippen LogP contribution in [0.4, 0.5) is 0 Å². The lowest BCUT2D eigenvalue weighted by atomic mass is 9.87. The fourth-order valence-electron chi connectivity index (χ4n) is 3.10. The van der Waals surface area contributed by atoms with E-state index in [1.54, 1.807) is 0 Å². The van der Waals surface area contributed by atoms with Crippen LogP contribution < -0.4 is 10.0 Å². The van der Waals surface area contributed by atoms with Gasteiger partial charge in [0.25, 0.3) is 5.91 Å². The van der Waals surface area contributed by atoms with Gasteiger partial charge in [-0.3, -0.25) is 4.79 Å². The number of rotatable bonds is 4. The van der Waals surface area contributed by atoms with E-state index in [1.807, 2.05) is 18.2 Å². The fraction of sp³-hybridized carbons (Fsp3) is 0.278. The molecular weight excluding hydrogens is 360 g/mol. The number of halogens is 1. The molecule has 0 radical (unpaired) electrons. The Bertz CT molecular complexity index is 912. The van der Waals surface area contributed by atoms with Crippen LogP contribution in [-0.4, -0.2) is 21.4 Å². The van der Waals surface area contributed by atoms with E-state index in [9.17, 15) is 13.2 Å². The maximum Gasteiger partial charge on any atom is 0.253 e. The number of sulfonamides is 1. The van der Waals surface area contributed by atoms with Crippen molar-refractivity contribution >= 4 is 27.5 Å². The molecule has 2 aromatic carbocycles. The van der Waals surface area contributed by atoms with Crippen LogP contribution in [0, 0.1) is 0 Å². The number of fused-ring (bicyclic) bond motifs is 1. The van der Waals surface area contributed by atoms with Crippen LogP contribution in [0.5, 0.6) is 0 Å². The lowest BCUT2D eigenvalue weighted by Crippen LogP contribution is -2.31. The zero-order valence-corrected chi connectivity index (χ0v) is 15.3. The summed E-state index contributed by atoms with van der Waals surface area (Å²) in [4.78, 5) is 12.7. The lowest BCUT2D eigenvalue weighted by Gasteiger charge is -2.26. The van der Waals surface area contributed by atoms with E-state index in [1.165, 1.54) is 30.8 Å². The summed E-state index contributed by atoms with van der Waals surface area (Å²) < 4.78 is 26.1. The Hall–Kier alpha value is -1.89. The molecule has 0 saturated carbocycles. The van der Waals surface area contributed by atoms with Crippen molar-refractivity contribution in [2.45, 2.75) is 30.2 Å². The molecule has 1 aliphatic rings. The first-order chi connectivity index (χ1) is 11.9. The van der Waals surface area contributed by atoms with Gasteiger partial charge in [0.05, 0.1) is 21.5 Å². The molecule has 0 saturated heterocycles. The van der Waals surface area contributed by atoms with Crippen LogP contribution in [0.3, 0.4) is 0 Å². The summed E-state index contributed by atoms with van der Waals surface area (Å²) in [5.41, 5.74) is 2.50. The van der Waals surface area contributed by atoms with Gasteiger partial charge in [-0.05, 0) is 55.6 Å². The van der Waals surface area contributed by atoms with Gasteiger partial charge in [0.2, 0.25) is 10.0 Å². The van der Waals surface area contributed by atoms with Gasteiger partial charge in [-0.1, -0.05) is 35.9 Å². The number of hydrogen-bond donors (Lipinski definition) is 2. The summed E-state index contributed by atoms with van der Waals surface area (Å²) in [5.74, 6) is -0.375. The third kappa shape index (κ3) is 3.71. The van der Waals surface area contributed by atoms with Gasteiger partial charge in [-0.25, -0.2) is 13.1 Å². The second kappa shape index (κ2) is 7.15. The van der Waals surface area contributed by atoms with E-state index < -0.39 is 10.0 Å². The first-order valence-corrected chi connectivity index (χ1v) is 9.90. The fourth-order valence-corrected chi connectivity index (χ4v) is 4.06. The van der Waals surface area contributed by atoms with Gasteiger partial charge in [0.15, 0.2) is 0 Å². The van der Waals surface area contributed by atoms with Crippen molar-refractivity contribution in [1.29, 1.82) is 0 Å². The average Bonchev–Trinajstić information content (AvgIpc) is 2.62. The highest BCUT2D eigenvalue weighted by Crippen LogP contribution is 2.30. The summed E-state index contributed by atoms with van der Waals surface area (Å²) in [6.45, 7) is 0. The second-order valence-corrected chi connectivity index (χ2v) is 8.26. The highest BCUT2D eigenvalue weighted by Gasteiger charge is 2.24. The van der Waals surface area contributed by atoms with E-state index in [4.69, 9.17) is 11.6 Å². The number of hydrogen-bond acceptors (Lipinski definition) is 3. The number of amides is 1. The third-order valence-corrected chi connectivity index (χ3v) is 6.18. The van der Waals surface area contributed by atoms with E-state index in [-0.39, 0.29) is 27.4 Å². The Morgan fingerprint density at radius 2 is 1.96 bits per heavy atom. The monoisotopic (exact) mass is 378 g/mol. The molecule has 3 rings (SSSR count). The van der Waals surface area contributed by atoms with Crippen LogP contribution in [0.1, 0.15) is 40.4 Å². The van der Waals surface area contributed by atoms with Crippen molar-refractivity contribution in [2.24, 2.45) is 0 Å². The minimum absolute atomic E-state index is 0.00796.